The fraction of sp³-hybridized carbons (Fsp3) is 0.857. The van der Waals surface area contributed by atoms with Crippen LogP contribution in [-0.2, 0) is 24.6 Å². The Balaban J connectivity index is 1.65. The van der Waals surface area contributed by atoms with Gasteiger partial charge in [-0.15, -0.1) is 0 Å². The number of rotatable bonds is 18. The van der Waals surface area contributed by atoms with Crippen molar-refractivity contribution < 1.29 is 39.3 Å². The Kier molecular flexibility index (Phi) is 12.8. The molecule has 0 bridgehead atoms. The summed E-state index contributed by atoms with van der Waals surface area (Å²) in [5.74, 6) is 0.805. The van der Waals surface area contributed by atoms with E-state index in [0.717, 1.165) is 37.9 Å². The summed E-state index contributed by atoms with van der Waals surface area (Å²) in [5, 5.41) is 22.9. The normalized spacial score (nSPS) is 22.8. The van der Waals surface area contributed by atoms with Crippen LogP contribution in [0.2, 0.25) is 0 Å². The van der Waals surface area contributed by atoms with E-state index >= 15 is 0 Å². The van der Waals surface area contributed by atoms with Gasteiger partial charge >= 0.3 is 12.2 Å². The topological polar surface area (TPSA) is 132 Å². The molecule has 2 rings (SSSR count). The number of urea groups is 1. The van der Waals surface area contributed by atoms with Crippen molar-refractivity contribution in [2.24, 2.45) is 0 Å². The zero-order valence-corrected chi connectivity index (χ0v) is 19.5. The first-order valence-corrected chi connectivity index (χ1v) is 12.7. The highest BCUT2D eigenvalue weighted by Gasteiger charge is 2.42. The molecule has 0 spiro atoms. The second-order valence-electron chi connectivity index (χ2n) is 8.31. The first-order valence-electron chi connectivity index (χ1n) is 11.6. The Morgan fingerprint density at radius 1 is 1.06 bits per heavy atom. The van der Waals surface area contributed by atoms with Crippen LogP contribution in [0.25, 0.3) is 0 Å². The van der Waals surface area contributed by atoms with Gasteiger partial charge in [0.1, 0.15) is 0 Å². The number of carbonyl (C=O) groups excluding carboxylic acids is 2. The van der Waals surface area contributed by atoms with Gasteiger partial charge in [0, 0.05) is 22.5 Å². The number of hydrogen-bond donors (Lipinski definition) is 3. The Hall–Kier alpha value is -1.56. The van der Waals surface area contributed by atoms with Crippen LogP contribution in [0.3, 0.4) is 0 Å². The van der Waals surface area contributed by atoms with Gasteiger partial charge in [0.05, 0.1) is 12.1 Å². The average Bonchev–Trinajstić information content (AvgIpc) is 3.30. The molecule has 11 heteroatoms. The third-order valence-corrected chi connectivity index (χ3v) is 7.33. The lowest BCUT2D eigenvalue weighted by Gasteiger charge is -2.17. The Morgan fingerprint density at radius 3 is 2.56 bits per heavy atom. The molecule has 32 heavy (non-hydrogen) atoms. The molecule has 2 heterocycles. The largest absolute Gasteiger partial charge is 0.540 e. The second kappa shape index (κ2) is 15.3. The summed E-state index contributed by atoms with van der Waals surface area (Å²) in [5.41, 5.74) is 0. The van der Waals surface area contributed by atoms with E-state index in [9.17, 15) is 14.4 Å². The molecule has 3 N–H and O–H groups in total. The van der Waals surface area contributed by atoms with Crippen molar-refractivity contribution in [2.75, 3.05) is 5.75 Å². The lowest BCUT2D eigenvalue weighted by molar-refractivity contribution is -0.623. The highest BCUT2D eigenvalue weighted by Crippen LogP contribution is 2.33. The fourth-order valence-electron chi connectivity index (χ4n) is 4.10. The van der Waals surface area contributed by atoms with Gasteiger partial charge in [-0.3, -0.25) is 4.79 Å². The molecule has 4 atom stereocenters. The van der Waals surface area contributed by atoms with Gasteiger partial charge in [0.15, 0.2) is 11.9 Å². The molecule has 2 amide bonds. The highest BCUT2D eigenvalue weighted by molar-refractivity contribution is 8.00. The number of nitrogens with one attached hydrogen (secondary N) is 2. The molecule has 10 nitrogen and oxygen atoms in total. The minimum atomic E-state index is -1.68. The summed E-state index contributed by atoms with van der Waals surface area (Å²) in [6, 6.07) is 0.264. The van der Waals surface area contributed by atoms with Crippen molar-refractivity contribution in [3.63, 3.8) is 0 Å². The monoisotopic (exact) mass is 476 g/mol. The SMILES string of the molecule is CCCCCCCCCC(OOOOC(=O)O)C(=O)CCCC[C@@H]1SC[C@@H]2NC(=O)N[C@@H]21. The number of carbonyl (C=O) groups is 3. The molecule has 184 valence electrons. The zero-order valence-electron chi connectivity index (χ0n) is 18.7. The number of Topliss-reactive ketones (excluding diaryl/α,β-unsaturated/α-hetero) is 1. The number of unbranched alkanes of at least 4 members (excludes halogenated alkanes) is 7. The lowest BCUT2D eigenvalue weighted by atomic mass is 9.99. The molecule has 0 aliphatic carbocycles. The van der Waals surface area contributed by atoms with Crippen molar-refractivity contribution in [3.05, 3.63) is 0 Å². The molecule has 0 aromatic heterocycles. The molecule has 2 saturated heterocycles. The van der Waals surface area contributed by atoms with E-state index in [4.69, 9.17) is 9.99 Å². The first-order chi connectivity index (χ1) is 15.5. The van der Waals surface area contributed by atoms with Crippen molar-refractivity contribution >= 4 is 29.7 Å². The van der Waals surface area contributed by atoms with E-state index in [0.29, 0.717) is 24.5 Å². The molecule has 0 aromatic rings. The standard InChI is InChI=1S/C21H36N2O8S/c1-2-3-4-5-6-7-8-12-17(28-30-31-29-21(26)27)16(24)11-9-10-13-18-19-15(14-32-18)22-20(25)23-19/h15,17-19H,2-14H2,1H3,(H,26,27)(H2,22,23,25)/t15-,17?,18-,19-/m0/s1. The molecule has 2 aliphatic heterocycles. The number of thioether (sulfide) groups is 1. The molecule has 2 fully saturated rings. The van der Waals surface area contributed by atoms with Crippen LogP contribution >= 0.6 is 11.8 Å². The van der Waals surface area contributed by atoms with Crippen molar-refractivity contribution in [2.45, 2.75) is 107 Å². The number of ketones is 1. The van der Waals surface area contributed by atoms with Gasteiger partial charge in [-0.25, -0.2) is 14.5 Å². The highest BCUT2D eigenvalue weighted by atomic mass is 32.2. The summed E-state index contributed by atoms with van der Waals surface area (Å²) in [6.45, 7) is 2.18. The van der Waals surface area contributed by atoms with Crippen LogP contribution in [-0.4, -0.2) is 52.3 Å². The summed E-state index contributed by atoms with van der Waals surface area (Å²) in [7, 11) is 0. The maximum atomic E-state index is 12.6. The molecule has 0 saturated carbocycles. The number of hydrogen-bond acceptors (Lipinski definition) is 8. The summed E-state index contributed by atoms with van der Waals surface area (Å²) >= 11 is 1.85. The van der Waals surface area contributed by atoms with Crippen LogP contribution in [0.4, 0.5) is 9.59 Å². The maximum absolute atomic E-state index is 12.6. The van der Waals surface area contributed by atoms with Crippen LogP contribution in [0.1, 0.15) is 84.0 Å². The van der Waals surface area contributed by atoms with Crippen molar-refractivity contribution in [1.82, 2.24) is 10.6 Å². The van der Waals surface area contributed by atoms with Crippen molar-refractivity contribution in [3.8, 4) is 0 Å². The zero-order chi connectivity index (χ0) is 23.2. The fourth-order valence-corrected chi connectivity index (χ4v) is 5.65. The van der Waals surface area contributed by atoms with E-state index in [-0.39, 0.29) is 23.9 Å². The average molecular weight is 477 g/mol. The third kappa shape index (κ3) is 9.93. The molecule has 2 aliphatic rings. The van der Waals surface area contributed by atoms with Gasteiger partial charge in [-0.05, 0) is 24.3 Å². The second-order valence-corrected chi connectivity index (χ2v) is 9.59. The smallest absolute Gasteiger partial charge is 0.448 e. The van der Waals surface area contributed by atoms with E-state index in [1.54, 1.807) is 0 Å². The summed E-state index contributed by atoms with van der Waals surface area (Å²) < 4.78 is 0. The summed E-state index contributed by atoms with van der Waals surface area (Å²) in [6.07, 6.45) is 8.54. The lowest BCUT2D eigenvalue weighted by Crippen LogP contribution is -2.36. The van der Waals surface area contributed by atoms with E-state index < -0.39 is 12.3 Å². The molecule has 0 radical (unpaired) electrons. The van der Waals surface area contributed by atoms with Crippen LogP contribution in [0, 0.1) is 0 Å². The van der Waals surface area contributed by atoms with E-state index in [1.807, 2.05) is 11.8 Å². The van der Waals surface area contributed by atoms with Crippen LogP contribution in [0.5, 0.6) is 0 Å². The van der Waals surface area contributed by atoms with E-state index in [2.05, 4.69) is 32.5 Å². The predicted octanol–water partition coefficient (Wildman–Crippen LogP) is 4.28. The Morgan fingerprint density at radius 2 is 1.81 bits per heavy atom. The number of fused-ring (bicyclic) bond motifs is 1. The van der Waals surface area contributed by atoms with Gasteiger partial charge in [-0.1, -0.05) is 58.3 Å². The van der Waals surface area contributed by atoms with Gasteiger partial charge in [-0.2, -0.15) is 16.6 Å². The summed E-state index contributed by atoms with van der Waals surface area (Å²) in [4.78, 5) is 43.1. The van der Waals surface area contributed by atoms with Gasteiger partial charge in [0.25, 0.3) is 0 Å². The predicted molar refractivity (Wildman–Crippen MR) is 118 cm³/mol. The Labute approximate surface area is 193 Å². The van der Waals surface area contributed by atoms with Crippen LogP contribution in [0.15, 0.2) is 0 Å². The minimum absolute atomic E-state index is 0.0973. The van der Waals surface area contributed by atoms with Gasteiger partial charge < -0.3 is 15.7 Å². The molecular formula is C21H36N2O8S. The maximum Gasteiger partial charge on any atom is 0.540 e. The molecule has 1 unspecified atom stereocenters. The van der Waals surface area contributed by atoms with Crippen LogP contribution < -0.4 is 10.6 Å². The Bertz CT molecular complexity index is 594. The van der Waals surface area contributed by atoms with Crippen molar-refractivity contribution in [1.29, 1.82) is 0 Å². The molecular weight excluding hydrogens is 440 g/mol. The number of carboxylic acid groups (broad SMARTS) is 1. The quantitative estimate of drug-likeness (QED) is 0.115. The first kappa shape index (κ1) is 26.7. The molecule has 0 aromatic carbocycles. The minimum Gasteiger partial charge on any atom is -0.448 e. The van der Waals surface area contributed by atoms with Gasteiger partial charge in [0.2, 0.25) is 0 Å². The number of amides is 2. The third-order valence-electron chi connectivity index (χ3n) is 5.82. The van der Waals surface area contributed by atoms with E-state index in [1.165, 1.54) is 25.7 Å².